The molecule has 0 unspecified atom stereocenters. The van der Waals surface area contributed by atoms with Crippen molar-refractivity contribution in [2.45, 2.75) is 6.92 Å². The van der Waals surface area contributed by atoms with Crippen LogP contribution in [-0.4, -0.2) is 31.3 Å². The number of hydrogen-bond donors (Lipinski definition) is 1. The zero-order chi connectivity index (χ0) is 26.1. The van der Waals surface area contributed by atoms with Gasteiger partial charge in [-0.05, 0) is 19.1 Å². The molecule has 36 heavy (non-hydrogen) atoms. The predicted octanol–water partition coefficient (Wildman–Crippen LogP) is 3.89. The largest absolute Gasteiger partial charge is 0.330 e. The van der Waals surface area contributed by atoms with Crippen LogP contribution in [0.5, 0.6) is 0 Å². The highest BCUT2D eigenvalue weighted by atomic mass is 35.5. The maximum atomic E-state index is 12.9. The van der Waals surface area contributed by atoms with Crippen LogP contribution in [0.4, 0.5) is 5.69 Å². The molecule has 9 nitrogen and oxygen atoms in total. The van der Waals surface area contributed by atoms with Gasteiger partial charge in [0.2, 0.25) is 0 Å². The number of carbonyl (C=O) groups is 2. The minimum absolute atomic E-state index is 0.194. The summed E-state index contributed by atoms with van der Waals surface area (Å²) in [6.07, 6.45) is 3.29. The molecule has 0 aliphatic carbocycles. The first-order valence-electron chi connectivity index (χ1n) is 10.6. The lowest BCUT2D eigenvalue weighted by Crippen LogP contribution is -2.40. The second kappa shape index (κ2) is 9.88. The summed E-state index contributed by atoms with van der Waals surface area (Å²) in [7, 11) is 2.74. The van der Waals surface area contributed by atoms with Crippen LogP contribution in [0.3, 0.4) is 0 Å². The summed E-state index contributed by atoms with van der Waals surface area (Å²) < 4.78 is 1.99. The van der Waals surface area contributed by atoms with Gasteiger partial charge in [0.05, 0.1) is 27.0 Å². The molecule has 0 aliphatic rings. The Hall–Kier alpha value is -4.08. The highest BCUT2D eigenvalue weighted by Crippen LogP contribution is 2.40. The second-order valence-electron chi connectivity index (χ2n) is 7.94. The van der Waals surface area contributed by atoms with Gasteiger partial charge in [0, 0.05) is 43.2 Å². The Morgan fingerprint density at radius 2 is 1.64 bits per heavy atom. The molecule has 0 spiro atoms. The van der Waals surface area contributed by atoms with E-state index < -0.39 is 17.2 Å². The van der Waals surface area contributed by atoms with E-state index in [2.05, 4.69) is 15.3 Å². The molecular weight excluding hydrogens is 505 g/mol. The number of amides is 1. The van der Waals surface area contributed by atoms with Gasteiger partial charge < -0.3 is 9.88 Å². The van der Waals surface area contributed by atoms with Crippen molar-refractivity contribution in [3.05, 3.63) is 96.5 Å². The number of benzene rings is 2. The van der Waals surface area contributed by atoms with E-state index in [1.165, 1.54) is 26.5 Å². The van der Waals surface area contributed by atoms with Crippen LogP contribution < -0.4 is 16.6 Å². The molecule has 0 fully saturated rings. The van der Waals surface area contributed by atoms with Crippen LogP contribution in [-0.2, 0) is 14.1 Å². The number of nitrogens with zero attached hydrogens (tertiary/aromatic N) is 4. The minimum Gasteiger partial charge on any atom is -0.320 e. The fourth-order valence-electron chi connectivity index (χ4n) is 3.62. The van der Waals surface area contributed by atoms with Gasteiger partial charge in [0.15, 0.2) is 12.1 Å². The van der Waals surface area contributed by atoms with Crippen molar-refractivity contribution in [2.24, 2.45) is 14.1 Å². The lowest BCUT2D eigenvalue weighted by atomic mass is 10.0. The number of anilines is 1. The number of aldehydes is 1. The average molecular weight is 524 g/mol. The molecule has 182 valence electrons. The maximum absolute atomic E-state index is 12.9. The van der Waals surface area contributed by atoms with Crippen molar-refractivity contribution in [3.63, 3.8) is 0 Å². The van der Waals surface area contributed by atoms with Gasteiger partial charge >= 0.3 is 5.69 Å². The summed E-state index contributed by atoms with van der Waals surface area (Å²) in [4.78, 5) is 57.0. The molecule has 4 rings (SSSR count). The molecule has 11 heteroatoms. The number of aryl methyl sites for hydroxylation is 2. The van der Waals surface area contributed by atoms with Crippen LogP contribution in [0.15, 0.2) is 58.4 Å². The van der Waals surface area contributed by atoms with Crippen molar-refractivity contribution in [1.29, 1.82) is 0 Å². The molecule has 0 bridgehead atoms. The predicted molar refractivity (Wildman–Crippen MR) is 138 cm³/mol. The first kappa shape index (κ1) is 25.0. The second-order valence-corrected chi connectivity index (χ2v) is 8.70. The van der Waals surface area contributed by atoms with Crippen LogP contribution in [0.1, 0.15) is 26.4 Å². The zero-order valence-corrected chi connectivity index (χ0v) is 20.9. The summed E-state index contributed by atoms with van der Waals surface area (Å²) >= 11 is 13.4. The van der Waals surface area contributed by atoms with Gasteiger partial charge in [-0.3, -0.25) is 19.0 Å². The molecule has 0 saturated carbocycles. The van der Waals surface area contributed by atoms with Crippen molar-refractivity contribution in [2.75, 3.05) is 5.32 Å². The molecular formula is C25H19Cl2N5O4. The summed E-state index contributed by atoms with van der Waals surface area (Å²) in [6.45, 7) is 1.70. The quantitative estimate of drug-likeness (QED) is 0.396. The van der Waals surface area contributed by atoms with Gasteiger partial charge in [-0.1, -0.05) is 47.5 Å². The number of rotatable bonds is 5. The Labute approximate surface area is 215 Å². The van der Waals surface area contributed by atoms with Gasteiger partial charge in [0.25, 0.3) is 11.5 Å². The number of aromatic nitrogens is 4. The molecule has 0 radical (unpaired) electrons. The van der Waals surface area contributed by atoms with E-state index in [1.807, 2.05) is 0 Å². The Morgan fingerprint density at radius 1 is 1.00 bits per heavy atom. The minimum atomic E-state index is -0.727. The van der Waals surface area contributed by atoms with E-state index in [0.717, 1.165) is 9.13 Å². The molecule has 2 aromatic carbocycles. The molecule has 1 amide bonds. The standard InChI is InChI=1S/C25H19Cl2N5O4/c1-13-14(12-33)10-28-22(29-13)17-8-4-6-15(20(17)26)16-7-5-9-19(21(16)27)30-23(34)18-11-31(2)25(36)32(3)24(18)35/h4-12H,1-3H3,(H,30,34). The molecule has 0 atom stereocenters. The lowest BCUT2D eigenvalue weighted by Gasteiger charge is -2.14. The topological polar surface area (TPSA) is 116 Å². The fourth-order valence-corrected chi connectivity index (χ4v) is 4.21. The first-order chi connectivity index (χ1) is 17.1. The Bertz CT molecular complexity index is 1660. The van der Waals surface area contributed by atoms with Gasteiger partial charge in [0.1, 0.15) is 5.56 Å². The number of carbonyl (C=O) groups excluding carboxylic acids is 2. The van der Waals surface area contributed by atoms with Crippen molar-refractivity contribution in [3.8, 4) is 22.5 Å². The molecule has 4 aromatic rings. The highest BCUT2D eigenvalue weighted by molar-refractivity contribution is 6.39. The van der Waals surface area contributed by atoms with Gasteiger partial charge in [-0.2, -0.15) is 0 Å². The summed E-state index contributed by atoms with van der Waals surface area (Å²) in [6, 6.07) is 10.3. The summed E-state index contributed by atoms with van der Waals surface area (Å²) in [5.74, 6) is -0.375. The van der Waals surface area contributed by atoms with E-state index in [0.29, 0.717) is 45.1 Å². The summed E-state index contributed by atoms with van der Waals surface area (Å²) in [5, 5.41) is 3.16. The maximum Gasteiger partial charge on any atom is 0.330 e. The number of nitrogens with one attached hydrogen (secondary N) is 1. The zero-order valence-electron chi connectivity index (χ0n) is 19.4. The van der Waals surface area contributed by atoms with E-state index in [1.54, 1.807) is 43.3 Å². The van der Waals surface area contributed by atoms with Gasteiger partial charge in [-0.15, -0.1) is 0 Å². The van der Waals surface area contributed by atoms with E-state index in [-0.39, 0.29) is 16.3 Å². The highest BCUT2D eigenvalue weighted by Gasteiger charge is 2.19. The first-order valence-corrected chi connectivity index (χ1v) is 11.3. The Kier molecular flexibility index (Phi) is 6.87. The van der Waals surface area contributed by atoms with Crippen molar-refractivity contribution >= 4 is 41.1 Å². The Morgan fingerprint density at radius 3 is 2.31 bits per heavy atom. The van der Waals surface area contributed by atoms with Crippen LogP contribution in [0, 0.1) is 6.92 Å². The number of hydrogen-bond acceptors (Lipinski definition) is 6. The third kappa shape index (κ3) is 4.46. The smallest absolute Gasteiger partial charge is 0.320 e. The third-order valence-corrected chi connectivity index (χ3v) is 6.43. The molecule has 0 saturated heterocycles. The molecule has 2 aromatic heterocycles. The van der Waals surface area contributed by atoms with Crippen LogP contribution in [0.25, 0.3) is 22.5 Å². The van der Waals surface area contributed by atoms with Gasteiger partial charge in [-0.25, -0.2) is 14.8 Å². The van der Waals surface area contributed by atoms with Crippen LogP contribution in [0.2, 0.25) is 10.0 Å². The van der Waals surface area contributed by atoms with E-state index >= 15 is 0 Å². The van der Waals surface area contributed by atoms with E-state index in [9.17, 15) is 19.2 Å². The van der Waals surface area contributed by atoms with Crippen molar-refractivity contribution < 1.29 is 9.59 Å². The fraction of sp³-hybridized carbons (Fsp3) is 0.120. The van der Waals surface area contributed by atoms with Crippen molar-refractivity contribution in [1.82, 2.24) is 19.1 Å². The third-order valence-electron chi connectivity index (χ3n) is 5.61. The molecule has 0 aliphatic heterocycles. The monoisotopic (exact) mass is 523 g/mol. The SMILES string of the molecule is Cc1nc(-c2cccc(-c3cccc(NC(=O)c4cn(C)c(=O)n(C)c4=O)c3Cl)c2Cl)ncc1C=O. The molecule has 1 N–H and O–H groups in total. The average Bonchev–Trinajstić information content (AvgIpc) is 2.86. The summed E-state index contributed by atoms with van der Waals surface area (Å²) in [5.41, 5.74) is 1.28. The molecule has 2 heterocycles. The Balaban J connectivity index is 1.74. The normalized spacial score (nSPS) is 10.8. The number of halogens is 2. The lowest BCUT2D eigenvalue weighted by molar-refractivity contribution is 0.102. The van der Waals surface area contributed by atoms with Crippen LogP contribution >= 0.6 is 23.2 Å². The van der Waals surface area contributed by atoms with E-state index in [4.69, 9.17) is 23.2 Å².